The molecule has 90 valence electrons. The van der Waals surface area contributed by atoms with Crippen LogP contribution in [0.3, 0.4) is 0 Å². The van der Waals surface area contributed by atoms with Crippen molar-refractivity contribution in [2.75, 3.05) is 19.6 Å². The van der Waals surface area contributed by atoms with Gasteiger partial charge in [0.2, 0.25) is 5.91 Å². The van der Waals surface area contributed by atoms with Crippen LogP contribution in [-0.2, 0) is 9.59 Å². The summed E-state index contributed by atoms with van der Waals surface area (Å²) in [5.41, 5.74) is 0. The molecule has 0 saturated carbocycles. The Balaban J connectivity index is 1.91. The van der Waals surface area contributed by atoms with E-state index in [0.29, 0.717) is 30.8 Å². The first kappa shape index (κ1) is 11.6. The summed E-state index contributed by atoms with van der Waals surface area (Å²) < 4.78 is 0. The number of nitrogens with zero attached hydrogens (tertiary/aromatic N) is 2. The van der Waals surface area contributed by atoms with Gasteiger partial charge in [-0.3, -0.25) is 14.5 Å². The maximum atomic E-state index is 11.5. The summed E-state index contributed by atoms with van der Waals surface area (Å²) in [5, 5.41) is 0. The highest BCUT2D eigenvalue weighted by molar-refractivity contribution is 5.79. The Hall–Kier alpha value is -0.900. The Morgan fingerprint density at radius 2 is 2.25 bits per heavy atom. The van der Waals surface area contributed by atoms with Crippen LogP contribution in [0.2, 0.25) is 0 Å². The van der Waals surface area contributed by atoms with Gasteiger partial charge in [0.05, 0.1) is 0 Å². The van der Waals surface area contributed by atoms with Crippen LogP contribution in [0, 0.1) is 0 Å². The van der Waals surface area contributed by atoms with Gasteiger partial charge in [0, 0.05) is 44.6 Å². The van der Waals surface area contributed by atoms with E-state index in [9.17, 15) is 9.59 Å². The standard InChI is InChI=1S/C12H20N2O2/c1-9(7-10(2)15)13-5-6-14-11(8-13)3-4-12(14)16/h9,11H,3-8H2,1-2H3. The highest BCUT2D eigenvalue weighted by Crippen LogP contribution is 2.24. The van der Waals surface area contributed by atoms with Gasteiger partial charge in [-0.2, -0.15) is 0 Å². The highest BCUT2D eigenvalue weighted by atomic mass is 16.2. The summed E-state index contributed by atoms with van der Waals surface area (Å²) in [6.07, 6.45) is 2.32. The summed E-state index contributed by atoms with van der Waals surface area (Å²) in [5.74, 6) is 0.557. The number of hydrogen-bond acceptors (Lipinski definition) is 3. The molecule has 2 saturated heterocycles. The number of carbonyl (C=O) groups is 2. The molecule has 2 aliphatic heterocycles. The van der Waals surface area contributed by atoms with Crippen LogP contribution in [0.1, 0.15) is 33.1 Å². The van der Waals surface area contributed by atoms with E-state index >= 15 is 0 Å². The van der Waals surface area contributed by atoms with E-state index < -0.39 is 0 Å². The minimum absolute atomic E-state index is 0.248. The van der Waals surface area contributed by atoms with Gasteiger partial charge in [-0.1, -0.05) is 0 Å². The minimum atomic E-state index is 0.248. The molecule has 0 aliphatic carbocycles. The first-order valence-corrected chi connectivity index (χ1v) is 6.11. The Morgan fingerprint density at radius 3 is 2.94 bits per heavy atom. The highest BCUT2D eigenvalue weighted by Gasteiger charge is 2.36. The number of piperazine rings is 1. The fourth-order valence-corrected chi connectivity index (χ4v) is 2.83. The van der Waals surface area contributed by atoms with Crippen molar-refractivity contribution in [3.8, 4) is 0 Å². The maximum absolute atomic E-state index is 11.5. The van der Waals surface area contributed by atoms with Gasteiger partial charge in [0.15, 0.2) is 0 Å². The number of hydrogen-bond donors (Lipinski definition) is 0. The molecule has 0 spiro atoms. The molecule has 0 aromatic carbocycles. The minimum Gasteiger partial charge on any atom is -0.337 e. The van der Waals surface area contributed by atoms with Crippen molar-refractivity contribution in [2.24, 2.45) is 0 Å². The molecule has 16 heavy (non-hydrogen) atoms. The van der Waals surface area contributed by atoms with Crippen LogP contribution in [0.25, 0.3) is 0 Å². The molecule has 2 unspecified atom stereocenters. The van der Waals surface area contributed by atoms with Gasteiger partial charge in [0.25, 0.3) is 0 Å². The predicted octanol–water partition coefficient (Wildman–Crippen LogP) is 0.661. The van der Waals surface area contributed by atoms with Crippen molar-refractivity contribution in [3.05, 3.63) is 0 Å². The number of Topliss-reactive ketones (excluding diaryl/α,β-unsaturated/α-hetero) is 1. The Labute approximate surface area is 96.6 Å². The second-order valence-electron chi connectivity index (χ2n) is 5.03. The number of amides is 1. The quantitative estimate of drug-likeness (QED) is 0.707. The van der Waals surface area contributed by atoms with Gasteiger partial charge in [-0.15, -0.1) is 0 Å². The van der Waals surface area contributed by atoms with E-state index in [-0.39, 0.29) is 5.78 Å². The lowest BCUT2D eigenvalue weighted by molar-refractivity contribution is -0.131. The first-order chi connectivity index (χ1) is 7.58. The maximum Gasteiger partial charge on any atom is 0.222 e. The van der Waals surface area contributed by atoms with E-state index in [1.165, 1.54) is 0 Å². The van der Waals surface area contributed by atoms with Crippen molar-refractivity contribution in [1.82, 2.24) is 9.80 Å². The molecule has 2 rings (SSSR count). The molecule has 1 amide bonds. The third-order valence-electron chi connectivity index (χ3n) is 3.73. The first-order valence-electron chi connectivity index (χ1n) is 6.11. The van der Waals surface area contributed by atoms with Crippen LogP contribution < -0.4 is 0 Å². The third kappa shape index (κ3) is 2.26. The second kappa shape index (κ2) is 4.53. The van der Waals surface area contributed by atoms with E-state index in [4.69, 9.17) is 0 Å². The van der Waals surface area contributed by atoms with Gasteiger partial charge < -0.3 is 4.90 Å². The van der Waals surface area contributed by atoms with Crippen LogP contribution >= 0.6 is 0 Å². The fraction of sp³-hybridized carbons (Fsp3) is 0.833. The molecule has 4 nitrogen and oxygen atoms in total. The fourth-order valence-electron chi connectivity index (χ4n) is 2.83. The number of rotatable bonds is 3. The molecule has 2 atom stereocenters. The van der Waals surface area contributed by atoms with Crippen LogP contribution in [0.5, 0.6) is 0 Å². The predicted molar refractivity (Wildman–Crippen MR) is 61.1 cm³/mol. The SMILES string of the molecule is CC(=O)CC(C)N1CCN2C(=O)CCC2C1. The average Bonchev–Trinajstić information content (AvgIpc) is 2.59. The number of ketones is 1. The zero-order valence-corrected chi connectivity index (χ0v) is 10.1. The Bertz CT molecular complexity index is 303. The van der Waals surface area contributed by atoms with Crippen molar-refractivity contribution in [2.45, 2.75) is 45.2 Å². The molecule has 2 heterocycles. The van der Waals surface area contributed by atoms with Gasteiger partial charge in [-0.25, -0.2) is 0 Å². The van der Waals surface area contributed by atoms with Crippen molar-refractivity contribution in [1.29, 1.82) is 0 Å². The number of fused-ring (bicyclic) bond motifs is 1. The third-order valence-corrected chi connectivity index (χ3v) is 3.73. The Kier molecular flexibility index (Phi) is 3.28. The van der Waals surface area contributed by atoms with E-state index in [0.717, 1.165) is 26.1 Å². The van der Waals surface area contributed by atoms with E-state index in [1.807, 2.05) is 4.90 Å². The lowest BCUT2D eigenvalue weighted by atomic mass is 10.1. The topological polar surface area (TPSA) is 40.6 Å². The molecule has 0 radical (unpaired) electrons. The van der Waals surface area contributed by atoms with Gasteiger partial charge in [0.1, 0.15) is 5.78 Å². The molecule has 2 fully saturated rings. The lowest BCUT2D eigenvalue weighted by Crippen LogP contribution is -2.54. The molecule has 2 aliphatic rings. The average molecular weight is 224 g/mol. The number of carbonyl (C=O) groups excluding carboxylic acids is 2. The van der Waals surface area contributed by atoms with Crippen molar-refractivity contribution >= 4 is 11.7 Å². The van der Waals surface area contributed by atoms with Crippen LogP contribution in [0.15, 0.2) is 0 Å². The zero-order chi connectivity index (χ0) is 11.7. The Morgan fingerprint density at radius 1 is 1.50 bits per heavy atom. The molecular weight excluding hydrogens is 204 g/mol. The largest absolute Gasteiger partial charge is 0.337 e. The van der Waals surface area contributed by atoms with E-state index in [1.54, 1.807) is 6.92 Å². The molecule has 0 aromatic rings. The molecule has 0 bridgehead atoms. The lowest BCUT2D eigenvalue weighted by Gasteiger charge is -2.40. The van der Waals surface area contributed by atoms with E-state index in [2.05, 4.69) is 11.8 Å². The van der Waals surface area contributed by atoms with Crippen LogP contribution in [0.4, 0.5) is 0 Å². The normalized spacial score (nSPS) is 28.0. The van der Waals surface area contributed by atoms with Crippen LogP contribution in [-0.4, -0.2) is 53.2 Å². The summed E-state index contributed by atoms with van der Waals surface area (Å²) in [6.45, 7) is 6.45. The molecule has 0 N–H and O–H groups in total. The molecular formula is C12H20N2O2. The monoisotopic (exact) mass is 224 g/mol. The second-order valence-corrected chi connectivity index (χ2v) is 5.03. The summed E-state index contributed by atoms with van der Waals surface area (Å²) in [4.78, 5) is 27.0. The summed E-state index contributed by atoms with van der Waals surface area (Å²) in [7, 11) is 0. The van der Waals surface area contributed by atoms with Gasteiger partial charge in [-0.05, 0) is 20.3 Å². The van der Waals surface area contributed by atoms with Crippen molar-refractivity contribution < 1.29 is 9.59 Å². The zero-order valence-electron chi connectivity index (χ0n) is 10.1. The van der Waals surface area contributed by atoms with Crippen molar-refractivity contribution in [3.63, 3.8) is 0 Å². The summed E-state index contributed by atoms with van der Waals surface area (Å²) >= 11 is 0. The summed E-state index contributed by atoms with van der Waals surface area (Å²) in [6, 6.07) is 0.714. The van der Waals surface area contributed by atoms with Gasteiger partial charge >= 0.3 is 0 Å². The molecule has 4 heteroatoms. The smallest absolute Gasteiger partial charge is 0.222 e. The molecule has 0 aromatic heterocycles.